The molecular formula is C35H39NO14. The number of carbonyl (C=O) groups is 5. The topological polar surface area (TPSA) is 224 Å². The van der Waals surface area contributed by atoms with Crippen molar-refractivity contribution in [2.45, 2.75) is 83.2 Å². The number of benzene rings is 2. The van der Waals surface area contributed by atoms with Gasteiger partial charge in [0.15, 0.2) is 17.9 Å². The number of aliphatic hydroxyl groups is 2. The van der Waals surface area contributed by atoms with E-state index in [1.54, 1.807) is 13.8 Å². The van der Waals surface area contributed by atoms with Gasteiger partial charge >= 0.3 is 11.9 Å². The maximum Gasteiger partial charge on any atom is 0.354 e. The predicted octanol–water partition coefficient (Wildman–Crippen LogP) is 1.67. The number of ketones is 3. The third-order valence-electron chi connectivity index (χ3n) is 9.14. The highest BCUT2D eigenvalue weighted by molar-refractivity contribution is 6.31. The minimum atomic E-state index is -2.13. The lowest BCUT2D eigenvalue weighted by molar-refractivity contribution is -0.249. The molecule has 15 nitrogen and oxygen atoms in total. The SMILES string of the molecule is CCOC(=O)/C=C(\NC1CC(OC2C[C@](O)(C(C)=O)Cc3c(O)c4c(c(O)c32)C(=O)c2c(OC)cccc2C4=O)OC(C)C1O)C(=O)OCC. The van der Waals surface area contributed by atoms with Crippen LogP contribution in [0.25, 0.3) is 0 Å². The molecule has 268 valence electrons. The molecule has 0 radical (unpaired) electrons. The molecule has 0 amide bonds. The Labute approximate surface area is 286 Å². The summed E-state index contributed by atoms with van der Waals surface area (Å²) >= 11 is 0. The molecule has 0 bridgehead atoms. The van der Waals surface area contributed by atoms with Crippen molar-refractivity contribution >= 4 is 29.3 Å². The summed E-state index contributed by atoms with van der Waals surface area (Å²) in [6, 6.07) is 3.36. The van der Waals surface area contributed by atoms with E-state index >= 15 is 0 Å². The van der Waals surface area contributed by atoms with Crippen molar-refractivity contribution in [3.8, 4) is 17.2 Å². The number of aliphatic hydroxyl groups excluding tert-OH is 1. The molecule has 5 rings (SSSR count). The molecule has 2 aromatic carbocycles. The third-order valence-corrected chi connectivity index (χ3v) is 9.14. The fraction of sp³-hybridized carbons (Fsp3) is 0.457. The number of rotatable bonds is 10. The number of methoxy groups -OCH3 is 1. The number of nitrogens with one attached hydrogen (secondary N) is 1. The highest BCUT2D eigenvalue weighted by Crippen LogP contribution is 2.52. The van der Waals surface area contributed by atoms with E-state index in [9.17, 15) is 44.4 Å². The summed E-state index contributed by atoms with van der Waals surface area (Å²) in [6.07, 6.45) is -5.10. The first-order valence-corrected chi connectivity index (χ1v) is 16.1. The van der Waals surface area contributed by atoms with Crippen LogP contribution < -0.4 is 10.1 Å². The smallest absolute Gasteiger partial charge is 0.354 e. The van der Waals surface area contributed by atoms with Crippen LogP contribution in [0.4, 0.5) is 0 Å². The lowest BCUT2D eigenvalue weighted by Gasteiger charge is -2.43. The van der Waals surface area contributed by atoms with Crippen LogP contribution in [0.3, 0.4) is 0 Å². The molecule has 1 aliphatic heterocycles. The van der Waals surface area contributed by atoms with Gasteiger partial charge in [0.25, 0.3) is 0 Å². The molecule has 6 atom stereocenters. The number of Topliss-reactive ketones (excluding diaryl/α,β-unsaturated/α-hetero) is 1. The van der Waals surface area contributed by atoms with E-state index in [-0.39, 0.29) is 53.3 Å². The van der Waals surface area contributed by atoms with E-state index in [4.69, 9.17) is 23.7 Å². The van der Waals surface area contributed by atoms with Gasteiger partial charge in [-0.05, 0) is 33.8 Å². The Bertz CT molecular complexity index is 1780. The maximum absolute atomic E-state index is 13.9. The second-order valence-electron chi connectivity index (χ2n) is 12.3. The fourth-order valence-electron chi connectivity index (χ4n) is 6.64. The molecule has 3 aliphatic rings. The van der Waals surface area contributed by atoms with Crippen molar-refractivity contribution in [3.05, 3.63) is 63.4 Å². The molecule has 1 fully saturated rings. The van der Waals surface area contributed by atoms with Gasteiger partial charge in [0.1, 0.15) is 34.7 Å². The molecule has 50 heavy (non-hydrogen) atoms. The van der Waals surface area contributed by atoms with Crippen LogP contribution in [0, 0.1) is 0 Å². The first kappa shape index (κ1) is 36.5. The molecule has 15 heteroatoms. The fourth-order valence-corrected chi connectivity index (χ4v) is 6.64. The molecule has 2 aromatic rings. The Balaban J connectivity index is 1.55. The van der Waals surface area contributed by atoms with Gasteiger partial charge in [0.05, 0.1) is 61.3 Å². The molecule has 1 saturated heterocycles. The first-order valence-electron chi connectivity index (χ1n) is 16.1. The van der Waals surface area contributed by atoms with Crippen LogP contribution in [0.5, 0.6) is 17.2 Å². The Hall–Kier alpha value is -4.83. The van der Waals surface area contributed by atoms with E-state index in [1.807, 2.05) is 0 Å². The quantitative estimate of drug-likeness (QED) is 0.115. The van der Waals surface area contributed by atoms with Gasteiger partial charge in [-0.25, -0.2) is 9.59 Å². The summed E-state index contributed by atoms with van der Waals surface area (Å²) < 4.78 is 27.4. The van der Waals surface area contributed by atoms with Gasteiger partial charge in [-0.2, -0.15) is 0 Å². The normalized spacial score (nSPS) is 25.9. The van der Waals surface area contributed by atoms with E-state index in [2.05, 4.69) is 5.32 Å². The summed E-state index contributed by atoms with van der Waals surface area (Å²) in [5.41, 5.74) is -3.93. The number of ether oxygens (including phenoxy) is 5. The van der Waals surface area contributed by atoms with Crippen molar-refractivity contribution in [2.24, 2.45) is 0 Å². The number of aromatic hydroxyl groups is 2. The van der Waals surface area contributed by atoms with Crippen molar-refractivity contribution in [3.63, 3.8) is 0 Å². The molecule has 5 N–H and O–H groups in total. The zero-order valence-electron chi connectivity index (χ0n) is 28.1. The van der Waals surface area contributed by atoms with Crippen LogP contribution in [0.2, 0.25) is 0 Å². The second-order valence-corrected chi connectivity index (χ2v) is 12.3. The summed E-state index contributed by atoms with van der Waals surface area (Å²) in [5.74, 6) is -5.32. The number of hydrogen-bond acceptors (Lipinski definition) is 15. The lowest BCUT2D eigenvalue weighted by Crippen LogP contribution is -2.55. The minimum absolute atomic E-state index is 0.00813. The summed E-state index contributed by atoms with van der Waals surface area (Å²) in [4.78, 5) is 65.3. The van der Waals surface area contributed by atoms with Crippen LogP contribution in [0.1, 0.15) is 89.6 Å². The Morgan fingerprint density at radius 2 is 1.72 bits per heavy atom. The average Bonchev–Trinajstić information content (AvgIpc) is 3.06. The zero-order chi connectivity index (χ0) is 36.7. The third kappa shape index (κ3) is 6.44. The molecule has 2 aliphatic carbocycles. The van der Waals surface area contributed by atoms with E-state index < -0.39 is 101 Å². The van der Waals surface area contributed by atoms with Crippen LogP contribution >= 0.6 is 0 Å². The van der Waals surface area contributed by atoms with Gasteiger partial charge in [0.2, 0.25) is 5.78 Å². The largest absolute Gasteiger partial charge is 0.507 e. The number of esters is 2. The molecular weight excluding hydrogens is 658 g/mol. The highest BCUT2D eigenvalue weighted by atomic mass is 16.7. The molecule has 0 aromatic heterocycles. The molecule has 0 spiro atoms. The highest BCUT2D eigenvalue weighted by Gasteiger charge is 2.49. The zero-order valence-corrected chi connectivity index (χ0v) is 28.1. The summed E-state index contributed by atoms with van der Waals surface area (Å²) in [5, 5.41) is 48.6. The Morgan fingerprint density at radius 3 is 2.36 bits per heavy atom. The standard InChI is InChI=1S/C35H39NO14/c1-6-47-23(38)11-20(34(44)48-7-2)36-19-12-24(49-15(3)29(19)39)50-22-14-35(45,16(4)37)13-18-26(22)33(43)28-27(31(18)41)30(40)17-9-8-10-21(46-5)25(17)32(28)42/h8-11,15,19,22,24,29,36,39,41,43,45H,6-7,12-14H2,1-5H3/b20-11-/t15?,19?,22?,24?,29?,35-/m0/s1. The Kier molecular flexibility index (Phi) is 10.3. The number of hydrogen-bond donors (Lipinski definition) is 5. The average molecular weight is 698 g/mol. The van der Waals surface area contributed by atoms with E-state index in [1.165, 1.54) is 32.2 Å². The second kappa shape index (κ2) is 14.2. The molecule has 5 unspecified atom stereocenters. The van der Waals surface area contributed by atoms with Crippen molar-refractivity contribution in [1.82, 2.24) is 5.32 Å². The van der Waals surface area contributed by atoms with Crippen LogP contribution in [-0.2, 0) is 39.8 Å². The van der Waals surface area contributed by atoms with Crippen molar-refractivity contribution < 1.29 is 68.1 Å². The number of phenolic OH excluding ortho intramolecular Hbond substituents is 2. The van der Waals surface area contributed by atoms with Gasteiger partial charge in [0, 0.05) is 36.0 Å². The summed E-state index contributed by atoms with van der Waals surface area (Å²) in [7, 11) is 1.31. The number of carbonyl (C=O) groups excluding carboxylic acids is 5. The maximum atomic E-state index is 13.9. The van der Waals surface area contributed by atoms with Crippen LogP contribution in [0.15, 0.2) is 30.0 Å². The Morgan fingerprint density at radius 1 is 1.04 bits per heavy atom. The van der Waals surface area contributed by atoms with E-state index in [0.29, 0.717) is 0 Å². The molecule has 1 heterocycles. The number of fused-ring (bicyclic) bond motifs is 3. The van der Waals surface area contributed by atoms with Crippen molar-refractivity contribution in [1.29, 1.82) is 0 Å². The molecule has 0 saturated carbocycles. The van der Waals surface area contributed by atoms with Gasteiger partial charge < -0.3 is 49.4 Å². The summed E-state index contributed by atoms with van der Waals surface area (Å²) in [6.45, 7) is 5.84. The van der Waals surface area contributed by atoms with Gasteiger partial charge in [-0.1, -0.05) is 12.1 Å². The first-order chi connectivity index (χ1) is 23.7. The monoisotopic (exact) mass is 697 g/mol. The van der Waals surface area contributed by atoms with E-state index in [0.717, 1.165) is 13.0 Å². The predicted molar refractivity (Wildman–Crippen MR) is 171 cm³/mol. The van der Waals surface area contributed by atoms with Gasteiger partial charge in [-0.15, -0.1) is 0 Å². The lowest BCUT2D eigenvalue weighted by atomic mass is 9.72. The minimum Gasteiger partial charge on any atom is -0.507 e. The van der Waals surface area contributed by atoms with Crippen molar-refractivity contribution in [2.75, 3.05) is 20.3 Å². The van der Waals surface area contributed by atoms with Crippen LogP contribution in [-0.4, -0.2) is 100 Å². The number of phenols is 2. The van der Waals surface area contributed by atoms with Gasteiger partial charge in [-0.3, -0.25) is 14.4 Å².